The fourth-order valence-electron chi connectivity index (χ4n) is 1.74. The Kier molecular flexibility index (Phi) is 3.92. The van der Waals surface area contributed by atoms with Crippen LogP contribution in [0.15, 0.2) is 6.07 Å². The van der Waals surface area contributed by atoms with Crippen LogP contribution in [0.5, 0.6) is 0 Å². The maximum Gasteiger partial charge on any atom is 0.361 e. The fraction of sp³-hybridized carbons (Fsp3) is 0.333. The third-order valence-electron chi connectivity index (χ3n) is 2.59. The van der Waals surface area contributed by atoms with Crippen LogP contribution in [0, 0.1) is 13.8 Å². The van der Waals surface area contributed by atoms with Gasteiger partial charge in [0, 0.05) is 11.4 Å². The third-order valence-corrected chi connectivity index (χ3v) is 2.59. The zero-order valence-electron chi connectivity index (χ0n) is 11.9. The van der Waals surface area contributed by atoms with Crippen molar-refractivity contribution in [1.29, 1.82) is 0 Å². The SMILES string of the molecule is COC(=O)c1nnn(-c2nc(C)cc(C)n2)c1C(=O)OC. The summed E-state index contributed by atoms with van der Waals surface area (Å²) in [5.41, 5.74) is 0.924. The molecule has 9 nitrogen and oxygen atoms in total. The van der Waals surface area contributed by atoms with Crippen LogP contribution in [0.4, 0.5) is 0 Å². The van der Waals surface area contributed by atoms with Crippen LogP contribution in [0.2, 0.25) is 0 Å². The zero-order valence-corrected chi connectivity index (χ0v) is 11.9. The Morgan fingerprint density at radius 2 is 1.62 bits per heavy atom. The van der Waals surface area contributed by atoms with Gasteiger partial charge in [-0.3, -0.25) is 0 Å². The highest BCUT2D eigenvalue weighted by Crippen LogP contribution is 2.13. The molecule has 0 spiro atoms. The van der Waals surface area contributed by atoms with Crippen molar-refractivity contribution in [3.63, 3.8) is 0 Å². The van der Waals surface area contributed by atoms with Gasteiger partial charge in [0.25, 0.3) is 5.95 Å². The molecular weight excluding hydrogens is 278 g/mol. The van der Waals surface area contributed by atoms with E-state index < -0.39 is 11.9 Å². The van der Waals surface area contributed by atoms with Gasteiger partial charge >= 0.3 is 11.9 Å². The number of hydrogen-bond acceptors (Lipinski definition) is 8. The number of ether oxygens (including phenoxy) is 2. The molecular formula is C12H13N5O4. The Bertz CT molecular complexity index is 689. The number of carbonyl (C=O) groups excluding carboxylic acids is 2. The van der Waals surface area contributed by atoms with Crippen LogP contribution < -0.4 is 0 Å². The van der Waals surface area contributed by atoms with E-state index in [0.29, 0.717) is 11.4 Å². The van der Waals surface area contributed by atoms with Crippen molar-refractivity contribution in [2.45, 2.75) is 13.8 Å². The molecule has 0 radical (unpaired) electrons. The van der Waals surface area contributed by atoms with Crippen LogP contribution in [-0.2, 0) is 9.47 Å². The van der Waals surface area contributed by atoms with E-state index in [9.17, 15) is 9.59 Å². The molecule has 0 unspecified atom stereocenters. The smallest absolute Gasteiger partial charge is 0.361 e. The molecule has 0 atom stereocenters. The van der Waals surface area contributed by atoms with Crippen molar-refractivity contribution in [3.05, 3.63) is 28.8 Å². The average Bonchev–Trinajstić information content (AvgIpc) is 2.89. The minimum absolute atomic E-state index is 0.121. The maximum atomic E-state index is 11.9. The second kappa shape index (κ2) is 5.65. The number of methoxy groups -OCH3 is 2. The van der Waals surface area contributed by atoms with Gasteiger partial charge < -0.3 is 9.47 Å². The number of esters is 2. The van der Waals surface area contributed by atoms with Crippen molar-refractivity contribution in [1.82, 2.24) is 25.0 Å². The number of aromatic nitrogens is 5. The van der Waals surface area contributed by atoms with Gasteiger partial charge in [-0.1, -0.05) is 5.21 Å². The first kappa shape index (κ1) is 14.6. The highest BCUT2D eigenvalue weighted by atomic mass is 16.5. The molecule has 2 aromatic rings. The minimum atomic E-state index is -0.800. The van der Waals surface area contributed by atoms with Gasteiger partial charge in [-0.05, 0) is 19.9 Å². The molecule has 21 heavy (non-hydrogen) atoms. The first-order chi connectivity index (χ1) is 9.97. The molecule has 0 aromatic carbocycles. The summed E-state index contributed by atoms with van der Waals surface area (Å²) in [6.45, 7) is 3.54. The molecule has 2 aromatic heterocycles. The topological polar surface area (TPSA) is 109 Å². The predicted molar refractivity (Wildman–Crippen MR) is 69.1 cm³/mol. The van der Waals surface area contributed by atoms with E-state index in [0.717, 1.165) is 4.68 Å². The predicted octanol–water partition coefficient (Wildman–Crippen LogP) is 0.247. The fourth-order valence-corrected chi connectivity index (χ4v) is 1.74. The summed E-state index contributed by atoms with van der Waals surface area (Å²) in [5.74, 6) is -1.47. The summed E-state index contributed by atoms with van der Waals surface area (Å²) in [5, 5.41) is 7.40. The number of aryl methyl sites for hydroxylation is 2. The number of rotatable bonds is 3. The molecule has 0 saturated carbocycles. The molecule has 0 aliphatic carbocycles. The van der Waals surface area contributed by atoms with E-state index in [2.05, 4.69) is 29.8 Å². The van der Waals surface area contributed by atoms with Crippen molar-refractivity contribution >= 4 is 11.9 Å². The third kappa shape index (κ3) is 2.71. The Morgan fingerprint density at radius 3 is 2.14 bits per heavy atom. The van der Waals surface area contributed by atoms with E-state index in [-0.39, 0.29) is 17.3 Å². The van der Waals surface area contributed by atoms with E-state index in [1.54, 1.807) is 19.9 Å². The lowest BCUT2D eigenvalue weighted by molar-refractivity contribution is 0.0545. The van der Waals surface area contributed by atoms with Crippen LogP contribution in [-0.4, -0.2) is 51.1 Å². The lowest BCUT2D eigenvalue weighted by Gasteiger charge is -2.05. The zero-order chi connectivity index (χ0) is 15.6. The Labute approximate surface area is 119 Å². The summed E-state index contributed by atoms with van der Waals surface area (Å²) in [6.07, 6.45) is 0. The van der Waals surface area contributed by atoms with Gasteiger partial charge in [0.05, 0.1) is 14.2 Å². The highest BCUT2D eigenvalue weighted by molar-refractivity contribution is 6.00. The Morgan fingerprint density at radius 1 is 1.05 bits per heavy atom. The van der Waals surface area contributed by atoms with Crippen molar-refractivity contribution < 1.29 is 19.1 Å². The summed E-state index contributed by atoms with van der Waals surface area (Å²) in [4.78, 5) is 31.9. The van der Waals surface area contributed by atoms with Crippen molar-refractivity contribution in [2.75, 3.05) is 14.2 Å². The van der Waals surface area contributed by atoms with E-state index >= 15 is 0 Å². The largest absolute Gasteiger partial charge is 0.464 e. The van der Waals surface area contributed by atoms with E-state index in [1.807, 2.05) is 0 Å². The normalized spacial score (nSPS) is 10.3. The summed E-state index contributed by atoms with van der Waals surface area (Å²) < 4.78 is 10.3. The number of nitrogens with zero attached hydrogens (tertiary/aromatic N) is 5. The number of hydrogen-bond donors (Lipinski definition) is 0. The van der Waals surface area contributed by atoms with Crippen LogP contribution in [0.3, 0.4) is 0 Å². The van der Waals surface area contributed by atoms with Gasteiger partial charge in [-0.2, -0.15) is 4.68 Å². The van der Waals surface area contributed by atoms with Crippen molar-refractivity contribution in [3.8, 4) is 5.95 Å². The van der Waals surface area contributed by atoms with Crippen LogP contribution >= 0.6 is 0 Å². The molecule has 110 valence electrons. The van der Waals surface area contributed by atoms with Gasteiger partial charge in [-0.15, -0.1) is 5.10 Å². The first-order valence-electron chi connectivity index (χ1n) is 5.93. The summed E-state index contributed by atoms with van der Waals surface area (Å²) in [6, 6.07) is 1.76. The molecule has 0 aliphatic rings. The molecule has 0 fully saturated rings. The van der Waals surface area contributed by atoms with Crippen LogP contribution in [0.1, 0.15) is 32.4 Å². The second-order valence-electron chi connectivity index (χ2n) is 4.13. The Hall–Kier alpha value is -2.84. The quantitative estimate of drug-likeness (QED) is 0.740. The van der Waals surface area contributed by atoms with Crippen molar-refractivity contribution in [2.24, 2.45) is 0 Å². The summed E-state index contributed by atoms with van der Waals surface area (Å²) in [7, 11) is 2.36. The van der Waals surface area contributed by atoms with E-state index in [4.69, 9.17) is 0 Å². The number of carbonyl (C=O) groups is 2. The van der Waals surface area contributed by atoms with Gasteiger partial charge in [0.2, 0.25) is 5.69 Å². The monoisotopic (exact) mass is 291 g/mol. The molecule has 9 heteroatoms. The minimum Gasteiger partial charge on any atom is -0.464 e. The van der Waals surface area contributed by atoms with Gasteiger partial charge in [0.1, 0.15) is 0 Å². The molecule has 0 saturated heterocycles. The molecule has 2 rings (SSSR count). The highest BCUT2D eigenvalue weighted by Gasteiger charge is 2.28. The Balaban J connectivity index is 2.66. The molecule has 0 N–H and O–H groups in total. The molecule has 0 bridgehead atoms. The lowest BCUT2D eigenvalue weighted by Crippen LogP contribution is -2.17. The average molecular weight is 291 g/mol. The van der Waals surface area contributed by atoms with Gasteiger partial charge in [-0.25, -0.2) is 19.6 Å². The van der Waals surface area contributed by atoms with Crippen LogP contribution in [0.25, 0.3) is 5.95 Å². The second-order valence-corrected chi connectivity index (χ2v) is 4.13. The molecule has 0 aliphatic heterocycles. The molecule has 0 amide bonds. The standard InChI is InChI=1S/C12H13N5O4/c1-6-5-7(2)14-12(13-6)17-9(11(19)21-4)8(15-16-17)10(18)20-3/h5H,1-4H3. The lowest BCUT2D eigenvalue weighted by atomic mass is 10.3. The maximum absolute atomic E-state index is 11.9. The first-order valence-corrected chi connectivity index (χ1v) is 5.93. The summed E-state index contributed by atoms with van der Waals surface area (Å²) >= 11 is 0. The van der Waals surface area contributed by atoms with E-state index in [1.165, 1.54) is 14.2 Å². The molecule has 2 heterocycles. The van der Waals surface area contributed by atoms with Gasteiger partial charge in [0.15, 0.2) is 5.69 Å².